The Hall–Kier alpha value is -2.82. The van der Waals surface area contributed by atoms with Crippen molar-refractivity contribution in [1.29, 1.82) is 0 Å². The highest BCUT2D eigenvalue weighted by Gasteiger charge is 2.18. The first kappa shape index (κ1) is 22.5. The van der Waals surface area contributed by atoms with Crippen LogP contribution in [0.4, 0.5) is 5.69 Å². The fourth-order valence-electron chi connectivity index (χ4n) is 2.98. The van der Waals surface area contributed by atoms with Gasteiger partial charge in [0.25, 0.3) is 11.8 Å². The molecule has 0 aliphatic rings. The highest BCUT2D eigenvalue weighted by atomic mass is 16.5. The Balaban J connectivity index is 1.94. The van der Waals surface area contributed by atoms with Crippen molar-refractivity contribution < 1.29 is 14.3 Å². The highest BCUT2D eigenvalue weighted by molar-refractivity contribution is 5.97. The summed E-state index contributed by atoms with van der Waals surface area (Å²) in [5.74, 6) is 0.342. The predicted octanol–water partition coefficient (Wildman–Crippen LogP) is 4.87. The molecule has 2 amide bonds. The van der Waals surface area contributed by atoms with Crippen LogP contribution in [0.15, 0.2) is 48.5 Å². The van der Waals surface area contributed by atoms with Gasteiger partial charge in [0.15, 0.2) is 6.61 Å². The van der Waals surface area contributed by atoms with E-state index in [1.807, 2.05) is 38.1 Å². The molecular formula is C24H32N2O3. The van der Waals surface area contributed by atoms with Crippen molar-refractivity contribution in [3.05, 3.63) is 59.7 Å². The Morgan fingerprint density at radius 2 is 1.66 bits per heavy atom. The Bertz CT molecular complexity index is 824. The van der Waals surface area contributed by atoms with Crippen LogP contribution in [-0.2, 0) is 10.2 Å². The van der Waals surface area contributed by atoms with Crippen molar-refractivity contribution in [3.63, 3.8) is 0 Å². The SMILES string of the molecule is CCN(CC)C(=O)c1cccc(NC(=O)COc2ccc(C(C)(C)CC)cc2)c1. The maximum Gasteiger partial charge on any atom is 0.262 e. The number of amides is 2. The third kappa shape index (κ3) is 6.08. The second-order valence-electron chi connectivity index (χ2n) is 7.66. The summed E-state index contributed by atoms with van der Waals surface area (Å²) in [7, 11) is 0. The first-order chi connectivity index (χ1) is 13.8. The van der Waals surface area contributed by atoms with E-state index < -0.39 is 0 Å². The van der Waals surface area contributed by atoms with Gasteiger partial charge in [-0.2, -0.15) is 0 Å². The van der Waals surface area contributed by atoms with Crippen molar-refractivity contribution in [2.75, 3.05) is 25.0 Å². The number of anilines is 1. The quantitative estimate of drug-likeness (QED) is 0.658. The van der Waals surface area contributed by atoms with E-state index in [1.54, 1.807) is 29.2 Å². The van der Waals surface area contributed by atoms with Gasteiger partial charge >= 0.3 is 0 Å². The van der Waals surface area contributed by atoms with Gasteiger partial charge in [0.2, 0.25) is 0 Å². The molecule has 0 fully saturated rings. The lowest BCUT2D eigenvalue weighted by atomic mass is 9.82. The topological polar surface area (TPSA) is 58.6 Å². The lowest BCUT2D eigenvalue weighted by Crippen LogP contribution is -2.30. The number of ether oxygens (including phenoxy) is 1. The maximum atomic E-state index is 12.5. The number of hydrogen-bond donors (Lipinski definition) is 1. The van der Waals surface area contributed by atoms with Crippen LogP contribution in [-0.4, -0.2) is 36.4 Å². The van der Waals surface area contributed by atoms with Crippen molar-refractivity contribution in [2.45, 2.75) is 46.5 Å². The lowest BCUT2D eigenvalue weighted by molar-refractivity contribution is -0.118. The third-order valence-corrected chi connectivity index (χ3v) is 5.33. The van der Waals surface area contributed by atoms with E-state index in [0.29, 0.717) is 30.1 Å². The summed E-state index contributed by atoms with van der Waals surface area (Å²) in [6, 6.07) is 14.8. The molecule has 5 nitrogen and oxygen atoms in total. The number of benzene rings is 2. The van der Waals surface area contributed by atoms with Crippen LogP contribution >= 0.6 is 0 Å². The van der Waals surface area contributed by atoms with Crippen molar-refractivity contribution in [1.82, 2.24) is 4.90 Å². The van der Waals surface area contributed by atoms with E-state index in [1.165, 1.54) is 5.56 Å². The van der Waals surface area contributed by atoms with E-state index in [2.05, 4.69) is 26.1 Å². The van der Waals surface area contributed by atoms with Gasteiger partial charge in [0.05, 0.1) is 0 Å². The molecule has 2 rings (SSSR count). The Kier molecular flexibility index (Phi) is 7.82. The maximum absolute atomic E-state index is 12.5. The molecule has 0 saturated carbocycles. The summed E-state index contributed by atoms with van der Waals surface area (Å²) in [6.07, 6.45) is 1.05. The predicted molar refractivity (Wildman–Crippen MR) is 118 cm³/mol. The molecule has 5 heteroatoms. The molecule has 0 unspecified atom stereocenters. The smallest absolute Gasteiger partial charge is 0.262 e. The average Bonchev–Trinajstić information content (AvgIpc) is 2.73. The van der Waals surface area contributed by atoms with Gasteiger partial charge in [-0.15, -0.1) is 0 Å². The van der Waals surface area contributed by atoms with Gasteiger partial charge in [-0.3, -0.25) is 9.59 Å². The zero-order valence-electron chi connectivity index (χ0n) is 18.1. The monoisotopic (exact) mass is 396 g/mol. The van der Waals surface area contributed by atoms with Gasteiger partial charge in [-0.25, -0.2) is 0 Å². The normalized spacial score (nSPS) is 11.1. The zero-order valence-corrected chi connectivity index (χ0v) is 18.1. The number of carbonyl (C=O) groups excluding carboxylic acids is 2. The van der Waals surface area contributed by atoms with Crippen LogP contribution in [0.2, 0.25) is 0 Å². The fourth-order valence-corrected chi connectivity index (χ4v) is 2.98. The van der Waals surface area contributed by atoms with E-state index in [4.69, 9.17) is 4.74 Å². The van der Waals surface area contributed by atoms with Crippen LogP contribution in [0.1, 0.15) is 57.0 Å². The molecule has 0 aliphatic heterocycles. The molecule has 0 aromatic heterocycles. The number of hydrogen-bond acceptors (Lipinski definition) is 3. The molecule has 0 saturated heterocycles. The Labute approximate surface area is 174 Å². The average molecular weight is 397 g/mol. The van der Waals surface area contributed by atoms with Crippen LogP contribution in [0.25, 0.3) is 0 Å². The summed E-state index contributed by atoms with van der Waals surface area (Å²) in [4.78, 5) is 26.5. The molecular weight excluding hydrogens is 364 g/mol. The minimum Gasteiger partial charge on any atom is -0.484 e. The van der Waals surface area contributed by atoms with Crippen molar-refractivity contribution in [3.8, 4) is 5.75 Å². The molecule has 0 atom stereocenters. The van der Waals surface area contributed by atoms with Crippen LogP contribution in [0, 0.1) is 0 Å². The minimum atomic E-state index is -0.268. The van der Waals surface area contributed by atoms with E-state index in [-0.39, 0.29) is 23.8 Å². The zero-order chi connectivity index (χ0) is 21.4. The lowest BCUT2D eigenvalue weighted by Gasteiger charge is -2.23. The van der Waals surface area contributed by atoms with E-state index in [9.17, 15) is 9.59 Å². The summed E-state index contributed by atoms with van der Waals surface area (Å²) < 4.78 is 5.60. The molecule has 0 bridgehead atoms. The van der Waals surface area contributed by atoms with E-state index in [0.717, 1.165) is 6.42 Å². The largest absolute Gasteiger partial charge is 0.484 e. The standard InChI is InChI=1S/C24H32N2O3/c1-6-24(4,5)19-12-14-21(15-13-19)29-17-22(27)25-20-11-9-10-18(16-20)23(28)26(7-2)8-3/h9-16H,6-8,17H2,1-5H3,(H,25,27). The molecule has 2 aromatic rings. The fraction of sp³-hybridized carbons (Fsp3) is 0.417. The summed E-state index contributed by atoms with van der Waals surface area (Å²) in [6.45, 7) is 11.7. The first-order valence-corrected chi connectivity index (χ1v) is 10.2. The summed E-state index contributed by atoms with van der Waals surface area (Å²) >= 11 is 0. The molecule has 2 aromatic carbocycles. The molecule has 0 spiro atoms. The number of nitrogens with one attached hydrogen (secondary N) is 1. The highest BCUT2D eigenvalue weighted by Crippen LogP contribution is 2.28. The van der Waals surface area contributed by atoms with Crippen LogP contribution < -0.4 is 10.1 Å². The second kappa shape index (κ2) is 10.1. The minimum absolute atomic E-state index is 0.0440. The molecule has 29 heavy (non-hydrogen) atoms. The molecule has 156 valence electrons. The van der Waals surface area contributed by atoms with Gasteiger partial charge < -0.3 is 15.0 Å². The Morgan fingerprint density at radius 3 is 2.24 bits per heavy atom. The van der Waals surface area contributed by atoms with Gasteiger partial charge in [0.1, 0.15) is 5.75 Å². The van der Waals surface area contributed by atoms with Crippen LogP contribution in [0.3, 0.4) is 0 Å². The molecule has 0 radical (unpaired) electrons. The van der Waals surface area contributed by atoms with Gasteiger partial charge in [-0.1, -0.05) is 39.0 Å². The number of carbonyl (C=O) groups is 2. The van der Waals surface area contributed by atoms with Crippen LogP contribution in [0.5, 0.6) is 5.75 Å². The molecule has 0 heterocycles. The second-order valence-corrected chi connectivity index (χ2v) is 7.66. The number of nitrogens with zero attached hydrogens (tertiary/aromatic N) is 1. The van der Waals surface area contributed by atoms with Crippen molar-refractivity contribution >= 4 is 17.5 Å². The van der Waals surface area contributed by atoms with Crippen molar-refractivity contribution in [2.24, 2.45) is 0 Å². The van der Waals surface area contributed by atoms with Gasteiger partial charge in [-0.05, 0) is 61.6 Å². The molecule has 1 N–H and O–H groups in total. The third-order valence-electron chi connectivity index (χ3n) is 5.33. The summed E-state index contributed by atoms with van der Waals surface area (Å²) in [5.41, 5.74) is 2.49. The van der Waals surface area contributed by atoms with E-state index >= 15 is 0 Å². The molecule has 0 aliphatic carbocycles. The van der Waals surface area contributed by atoms with Gasteiger partial charge in [0, 0.05) is 24.3 Å². The Morgan fingerprint density at radius 1 is 1.00 bits per heavy atom. The summed E-state index contributed by atoms with van der Waals surface area (Å²) in [5, 5.41) is 2.79. The first-order valence-electron chi connectivity index (χ1n) is 10.2. The number of rotatable bonds is 9.